The van der Waals surface area contributed by atoms with Crippen molar-refractivity contribution in [2.75, 3.05) is 33.2 Å². The zero-order chi connectivity index (χ0) is 13.3. The standard InChI is InChI=1S/C15H26N4/c1-17-9-5-15(6-10-17)4-3-8-19(13-15)12-14-16-7-11-18(14)2/h7,11H,3-6,8-10,12-13H2,1-2H3. The Balaban J connectivity index is 1.63. The van der Waals surface area contributed by atoms with Gasteiger partial charge in [0.15, 0.2) is 0 Å². The van der Waals surface area contributed by atoms with Gasteiger partial charge in [-0.2, -0.15) is 0 Å². The van der Waals surface area contributed by atoms with E-state index >= 15 is 0 Å². The summed E-state index contributed by atoms with van der Waals surface area (Å²) in [4.78, 5) is 9.57. The zero-order valence-electron chi connectivity index (χ0n) is 12.3. The van der Waals surface area contributed by atoms with Crippen LogP contribution in [0.25, 0.3) is 0 Å². The summed E-state index contributed by atoms with van der Waals surface area (Å²) in [6.07, 6.45) is 9.49. The first-order valence-corrected chi connectivity index (χ1v) is 7.54. The minimum absolute atomic E-state index is 0.593. The van der Waals surface area contributed by atoms with E-state index in [9.17, 15) is 0 Å². The molecule has 4 nitrogen and oxygen atoms in total. The Hall–Kier alpha value is -0.870. The molecule has 1 spiro atoms. The Kier molecular flexibility index (Phi) is 3.63. The first-order chi connectivity index (χ1) is 9.17. The van der Waals surface area contributed by atoms with Crippen LogP contribution in [-0.2, 0) is 13.6 Å². The van der Waals surface area contributed by atoms with Gasteiger partial charge in [-0.15, -0.1) is 0 Å². The molecule has 2 saturated heterocycles. The van der Waals surface area contributed by atoms with Crippen molar-refractivity contribution in [1.29, 1.82) is 0 Å². The van der Waals surface area contributed by atoms with Gasteiger partial charge in [0, 0.05) is 26.0 Å². The van der Waals surface area contributed by atoms with Crippen molar-refractivity contribution in [1.82, 2.24) is 19.4 Å². The summed E-state index contributed by atoms with van der Waals surface area (Å²) >= 11 is 0. The lowest BCUT2D eigenvalue weighted by Gasteiger charge is -2.47. The highest BCUT2D eigenvalue weighted by Crippen LogP contribution is 2.39. The van der Waals surface area contributed by atoms with E-state index in [1.165, 1.54) is 57.7 Å². The molecule has 0 saturated carbocycles. The van der Waals surface area contributed by atoms with Crippen molar-refractivity contribution in [2.24, 2.45) is 12.5 Å². The van der Waals surface area contributed by atoms with Gasteiger partial charge >= 0.3 is 0 Å². The number of piperidine rings is 2. The molecule has 19 heavy (non-hydrogen) atoms. The molecule has 3 rings (SSSR count). The van der Waals surface area contributed by atoms with E-state index in [0.717, 1.165) is 6.54 Å². The Labute approximate surface area is 116 Å². The van der Waals surface area contributed by atoms with Gasteiger partial charge in [0.05, 0.1) is 6.54 Å². The number of aryl methyl sites for hydroxylation is 1. The molecule has 0 amide bonds. The van der Waals surface area contributed by atoms with Crippen molar-refractivity contribution in [2.45, 2.75) is 32.2 Å². The monoisotopic (exact) mass is 262 g/mol. The molecule has 0 atom stereocenters. The minimum atomic E-state index is 0.593. The summed E-state index contributed by atoms with van der Waals surface area (Å²) in [6, 6.07) is 0. The Bertz CT molecular complexity index is 418. The second kappa shape index (κ2) is 5.25. The molecule has 0 unspecified atom stereocenters. The highest BCUT2D eigenvalue weighted by Gasteiger charge is 2.37. The molecule has 2 fully saturated rings. The van der Waals surface area contributed by atoms with Crippen LogP contribution in [0.15, 0.2) is 12.4 Å². The van der Waals surface area contributed by atoms with Crippen LogP contribution in [0.4, 0.5) is 0 Å². The van der Waals surface area contributed by atoms with Gasteiger partial charge in [-0.1, -0.05) is 0 Å². The van der Waals surface area contributed by atoms with Gasteiger partial charge in [0.25, 0.3) is 0 Å². The third-order valence-electron chi connectivity index (χ3n) is 5.07. The number of hydrogen-bond donors (Lipinski definition) is 0. The molecule has 1 aromatic heterocycles. The van der Waals surface area contributed by atoms with Gasteiger partial charge in [-0.3, -0.25) is 4.90 Å². The predicted molar refractivity (Wildman–Crippen MR) is 76.9 cm³/mol. The van der Waals surface area contributed by atoms with E-state index in [2.05, 4.69) is 33.4 Å². The number of rotatable bonds is 2. The van der Waals surface area contributed by atoms with Crippen molar-refractivity contribution in [3.8, 4) is 0 Å². The summed E-state index contributed by atoms with van der Waals surface area (Å²) in [5, 5.41) is 0. The normalized spacial score (nSPS) is 24.9. The Morgan fingerprint density at radius 2 is 1.95 bits per heavy atom. The lowest BCUT2D eigenvalue weighted by atomic mass is 9.72. The molecule has 3 heterocycles. The van der Waals surface area contributed by atoms with Crippen molar-refractivity contribution in [3.05, 3.63) is 18.2 Å². The third-order valence-corrected chi connectivity index (χ3v) is 5.07. The van der Waals surface area contributed by atoms with Crippen LogP contribution in [0.5, 0.6) is 0 Å². The fourth-order valence-corrected chi connectivity index (χ4v) is 3.69. The van der Waals surface area contributed by atoms with Crippen LogP contribution in [0.3, 0.4) is 0 Å². The maximum atomic E-state index is 4.47. The van der Waals surface area contributed by atoms with Crippen LogP contribution in [-0.4, -0.2) is 52.6 Å². The van der Waals surface area contributed by atoms with Gasteiger partial charge in [0.1, 0.15) is 5.82 Å². The molecule has 0 aromatic carbocycles. The maximum absolute atomic E-state index is 4.47. The molecular formula is C15H26N4. The van der Waals surface area contributed by atoms with Crippen molar-refractivity contribution < 1.29 is 0 Å². The molecule has 0 aliphatic carbocycles. The van der Waals surface area contributed by atoms with E-state index in [4.69, 9.17) is 0 Å². The SMILES string of the molecule is CN1CCC2(CCCN(Cc3nccn3C)C2)CC1. The van der Waals surface area contributed by atoms with Crippen LogP contribution in [0.1, 0.15) is 31.5 Å². The quantitative estimate of drug-likeness (QED) is 0.811. The summed E-state index contributed by atoms with van der Waals surface area (Å²) in [7, 11) is 4.35. The van der Waals surface area contributed by atoms with E-state index in [1.807, 2.05) is 12.4 Å². The molecule has 0 bridgehead atoms. The highest BCUT2D eigenvalue weighted by molar-refractivity contribution is 4.95. The van der Waals surface area contributed by atoms with Crippen molar-refractivity contribution in [3.63, 3.8) is 0 Å². The lowest BCUT2D eigenvalue weighted by molar-refractivity contribution is 0.0262. The molecule has 4 heteroatoms. The first kappa shape index (κ1) is 13.1. The average Bonchev–Trinajstić information content (AvgIpc) is 2.80. The number of likely N-dealkylation sites (tertiary alicyclic amines) is 2. The fourth-order valence-electron chi connectivity index (χ4n) is 3.69. The van der Waals surface area contributed by atoms with Gasteiger partial charge < -0.3 is 9.47 Å². The molecule has 1 aromatic rings. The van der Waals surface area contributed by atoms with E-state index < -0.39 is 0 Å². The molecule has 2 aliphatic heterocycles. The Morgan fingerprint density at radius 3 is 2.63 bits per heavy atom. The fraction of sp³-hybridized carbons (Fsp3) is 0.800. The summed E-state index contributed by atoms with van der Waals surface area (Å²) < 4.78 is 2.15. The molecule has 0 N–H and O–H groups in total. The van der Waals surface area contributed by atoms with Gasteiger partial charge in [-0.05, 0) is 57.8 Å². The van der Waals surface area contributed by atoms with Crippen LogP contribution in [0.2, 0.25) is 0 Å². The highest BCUT2D eigenvalue weighted by atomic mass is 15.2. The summed E-state index contributed by atoms with van der Waals surface area (Å²) in [6.45, 7) is 6.08. The first-order valence-electron chi connectivity index (χ1n) is 7.54. The topological polar surface area (TPSA) is 24.3 Å². The summed E-state index contributed by atoms with van der Waals surface area (Å²) in [5.74, 6) is 1.20. The zero-order valence-corrected chi connectivity index (χ0v) is 12.3. The number of nitrogens with zero attached hydrogens (tertiary/aromatic N) is 4. The van der Waals surface area contributed by atoms with Gasteiger partial charge in [0.2, 0.25) is 0 Å². The van der Waals surface area contributed by atoms with Crippen LogP contribution in [0, 0.1) is 5.41 Å². The molecular weight excluding hydrogens is 236 g/mol. The van der Waals surface area contributed by atoms with Gasteiger partial charge in [-0.25, -0.2) is 4.98 Å². The van der Waals surface area contributed by atoms with Crippen molar-refractivity contribution >= 4 is 0 Å². The second-order valence-electron chi connectivity index (χ2n) is 6.57. The minimum Gasteiger partial charge on any atom is -0.337 e. The number of aromatic nitrogens is 2. The van der Waals surface area contributed by atoms with E-state index in [-0.39, 0.29) is 0 Å². The molecule has 106 valence electrons. The second-order valence-corrected chi connectivity index (χ2v) is 6.57. The predicted octanol–water partition coefficient (Wildman–Crippen LogP) is 1.73. The lowest BCUT2D eigenvalue weighted by Crippen LogP contribution is -2.48. The third kappa shape index (κ3) is 2.84. The smallest absolute Gasteiger partial charge is 0.122 e. The van der Waals surface area contributed by atoms with E-state index in [0.29, 0.717) is 5.41 Å². The molecule has 0 radical (unpaired) electrons. The number of imidazole rings is 1. The average molecular weight is 262 g/mol. The Morgan fingerprint density at radius 1 is 1.16 bits per heavy atom. The summed E-state index contributed by atoms with van der Waals surface area (Å²) in [5.41, 5.74) is 0.593. The largest absolute Gasteiger partial charge is 0.337 e. The maximum Gasteiger partial charge on any atom is 0.122 e. The number of hydrogen-bond acceptors (Lipinski definition) is 3. The van der Waals surface area contributed by atoms with E-state index in [1.54, 1.807) is 0 Å². The van der Waals surface area contributed by atoms with Crippen LogP contribution >= 0.6 is 0 Å². The van der Waals surface area contributed by atoms with Crippen LogP contribution < -0.4 is 0 Å². The molecule has 2 aliphatic rings.